The van der Waals surface area contributed by atoms with Gasteiger partial charge < -0.3 is 19.3 Å². The fourth-order valence-electron chi connectivity index (χ4n) is 4.71. The Kier molecular flexibility index (Phi) is 33.0. The number of esters is 2. The third-order valence-corrected chi connectivity index (χ3v) is 7.99. The summed E-state index contributed by atoms with van der Waals surface area (Å²) in [5.41, 5.74) is 0. The Bertz CT molecular complexity index is 963. The first-order valence-electron chi connectivity index (χ1n) is 18.6. The fraction of sp³-hybridized carbons (Fsp3) is 0.692. The van der Waals surface area contributed by atoms with Gasteiger partial charge in [-0.3, -0.25) is 14.1 Å². The first kappa shape index (κ1) is 45.8. The number of phosphoric ester groups is 1. The smallest absolute Gasteiger partial charge is 0.462 e. The van der Waals surface area contributed by atoms with Crippen LogP contribution in [-0.2, 0) is 28.2 Å². The van der Waals surface area contributed by atoms with E-state index in [9.17, 15) is 14.2 Å². The number of carbonyl (C=O) groups is 2. The molecule has 0 rings (SSSR count). The molecule has 0 saturated carbocycles. The Morgan fingerprint density at radius 3 is 1.52 bits per heavy atom. The van der Waals surface area contributed by atoms with E-state index in [1.165, 1.54) is 64.2 Å². The summed E-state index contributed by atoms with van der Waals surface area (Å²) in [6.45, 7) is 3.56. The average molecular weight is 695 g/mol. The molecule has 48 heavy (non-hydrogen) atoms. The monoisotopic (exact) mass is 694 g/mol. The molecule has 0 saturated heterocycles. The highest BCUT2D eigenvalue weighted by molar-refractivity contribution is 7.46. The van der Waals surface area contributed by atoms with E-state index in [0.29, 0.717) is 12.8 Å². The minimum Gasteiger partial charge on any atom is -0.462 e. The van der Waals surface area contributed by atoms with Crippen LogP contribution in [0.15, 0.2) is 60.8 Å². The summed E-state index contributed by atoms with van der Waals surface area (Å²) in [5.74, 6) is -0.975. The van der Waals surface area contributed by atoms with E-state index in [1.54, 1.807) is 0 Å². The molecule has 0 amide bonds. The lowest BCUT2D eigenvalue weighted by Gasteiger charge is -2.18. The van der Waals surface area contributed by atoms with Crippen molar-refractivity contribution in [1.29, 1.82) is 0 Å². The van der Waals surface area contributed by atoms with E-state index in [0.717, 1.165) is 51.4 Å². The Morgan fingerprint density at radius 2 is 0.958 bits per heavy atom. The van der Waals surface area contributed by atoms with E-state index < -0.39 is 32.5 Å². The normalized spacial score (nSPS) is 13.2. The van der Waals surface area contributed by atoms with E-state index in [4.69, 9.17) is 19.3 Å². The largest absolute Gasteiger partial charge is 0.469 e. The SMILES string of the molecule is CCCCC/C=C/C/C=C/C/C=C/C/C=C/CCCC(=O)OC[C@H](COP(=O)(O)O)OC(=O)CCCCC/C=C/CCCCCCCC. The molecular formula is C39H67O8P. The Hall–Kier alpha value is -2.25. The topological polar surface area (TPSA) is 119 Å². The van der Waals surface area contributed by atoms with Gasteiger partial charge in [0.1, 0.15) is 6.61 Å². The zero-order chi connectivity index (χ0) is 35.4. The maximum atomic E-state index is 12.3. The summed E-state index contributed by atoms with van der Waals surface area (Å²) in [4.78, 5) is 42.6. The van der Waals surface area contributed by atoms with Gasteiger partial charge in [0.25, 0.3) is 0 Å². The van der Waals surface area contributed by atoms with Gasteiger partial charge in [0.05, 0.1) is 6.61 Å². The first-order chi connectivity index (χ1) is 23.3. The quantitative estimate of drug-likeness (QED) is 0.0301. The lowest BCUT2D eigenvalue weighted by atomic mass is 10.1. The van der Waals surface area contributed by atoms with Gasteiger partial charge in [-0.25, -0.2) is 4.57 Å². The molecule has 1 atom stereocenters. The molecule has 0 bridgehead atoms. The van der Waals surface area contributed by atoms with Gasteiger partial charge >= 0.3 is 19.8 Å². The highest BCUT2D eigenvalue weighted by atomic mass is 31.2. The van der Waals surface area contributed by atoms with Crippen molar-refractivity contribution in [2.45, 2.75) is 161 Å². The zero-order valence-corrected chi connectivity index (χ0v) is 31.0. The summed E-state index contributed by atoms with van der Waals surface area (Å²) >= 11 is 0. The van der Waals surface area contributed by atoms with Gasteiger partial charge in [-0.15, -0.1) is 0 Å². The number of hydrogen-bond acceptors (Lipinski definition) is 6. The van der Waals surface area contributed by atoms with Gasteiger partial charge in [0.15, 0.2) is 6.10 Å². The van der Waals surface area contributed by atoms with E-state index >= 15 is 0 Å². The zero-order valence-electron chi connectivity index (χ0n) is 30.1. The number of rotatable bonds is 33. The summed E-state index contributed by atoms with van der Waals surface area (Å²) in [5, 5.41) is 0. The van der Waals surface area contributed by atoms with Crippen molar-refractivity contribution in [3.8, 4) is 0 Å². The highest BCUT2D eigenvalue weighted by Gasteiger charge is 2.22. The van der Waals surface area contributed by atoms with Crippen LogP contribution in [0, 0.1) is 0 Å². The molecule has 0 spiro atoms. The maximum Gasteiger partial charge on any atom is 0.469 e. The van der Waals surface area contributed by atoms with Crippen molar-refractivity contribution >= 4 is 19.8 Å². The van der Waals surface area contributed by atoms with Crippen LogP contribution in [-0.4, -0.2) is 41.0 Å². The van der Waals surface area contributed by atoms with Crippen molar-refractivity contribution in [2.24, 2.45) is 0 Å². The standard InChI is InChI=1S/C39H67O8P/c1-3-5-7-9-11-13-15-17-18-19-20-22-23-25-27-29-31-33-38(40)45-35-37(36-46-48(42,43)44)47-39(41)34-32-30-28-26-24-21-16-14-12-10-8-6-4-2/h11,13,17-18,20-22,24-25,27,37H,3-10,12,14-16,19,23,26,28-36H2,1-2H3,(H2,42,43,44)/b13-11+,18-17+,22-20+,24-21+,27-25+/t37-/m1/s1. The van der Waals surface area contributed by atoms with Crippen LogP contribution >= 0.6 is 7.82 Å². The van der Waals surface area contributed by atoms with Crippen LogP contribution in [0.5, 0.6) is 0 Å². The Labute approximate surface area is 292 Å². The molecule has 0 fully saturated rings. The highest BCUT2D eigenvalue weighted by Crippen LogP contribution is 2.35. The minimum absolute atomic E-state index is 0.177. The number of unbranched alkanes of at least 4 members (excludes halogenated alkanes) is 13. The summed E-state index contributed by atoms with van der Waals surface area (Å²) < 4.78 is 26.2. The van der Waals surface area contributed by atoms with Crippen LogP contribution in [0.2, 0.25) is 0 Å². The van der Waals surface area contributed by atoms with Crippen molar-refractivity contribution in [2.75, 3.05) is 13.2 Å². The summed E-state index contributed by atoms with van der Waals surface area (Å²) in [7, 11) is -4.77. The lowest BCUT2D eigenvalue weighted by Crippen LogP contribution is -2.29. The lowest BCUT2D eigenvalue weighted by molar-refractivity contribution is -0.161. The molecule has 2 N–H and O–H groups in total. The van der Waals surface area contributed by atoms with E-state index in [-0.39, 0.29) is 19.4 Å². The molecule has 0 aromatic heterocycles. The van der Waals surface area contributed by atoms with Crippen LogP contribution in [0.3, 0.4) is 0 Å². The van der Waals surface area contributed by atoms with Gasteiger partial charge in [0, 0.05) is 12.8 Å². The number of ether oxygens (including phenoxy) is 2. The second-order valence-corrected chi connectivity index (χ2v) is 13.4. The van der Waals surface area contributed by atoms with Crippen molar-refractivity contribution in [1.82, 2.24) is 0 Å². The maximum absolute atomic E-state index is 12.3. The third kappa shape index (κ3) is 36.6. The van der Waals surface area contributed by atoms with E-state index in [1.807, 2.05) is 6.08 Å². The Morgan fingerprint density at radius 1 is 0.542 bits per heavy atom. The molecule has 9 heteroatoms. The second-order valence-electron chi connectivity index (χ2n) is 12.2. The summed E-state index contributed by atoms with van der Waals surface area (Å²) in [6.07, 6.45) is 42.3. The minimum atomic E-state index is -4.77. The van der Waals surface area contributed by atoms with Crippen LogP contribution < -0.4 is 0 Å². The first-order valence-corrected chi connectivity index (χ1v) is 20.1. The van der Waals surface area contributed by atoms with Crippen molar-refractivity contribution in [3.05, 3.63) is 60.8 Å². The van der Waals surface area contributed by atoms with Gasteiger partial charge in [-0.1, -0.05) is 126 Å². The summed E-state index contributed by atoms with van der Waals surface area (Å²) in [6, 6.07) is 0. The van der Waals surface area contributed by atoms with Crippen LogP contribution in [0.25, 0.3) is 0 Å². The second kappa shape index (κ2) is 34.6. The molecule has 0 aromatic carbocycles. The number of hydrogen-bond donors (Lipinski definition) is 2. The van der Waals surface area contributed by atoms with Gasteiger partial charge in [0.2, 0.25) is 0 Å². The molecule has 0 radical (unpaired) electrons. The molecule has 0 aromatic rings. The molecule has 0 aliphatic rings. The molecule has 8 nitrogen and oxygen atoms in total. The van der Waals surface area contributed by atoms with Crippen LogP contribution in [0.4, 0.5) is 0 Å². The predicted molar refractivity (Wildman–Crippen MR) is 197 cm³/mol. The van der Waals surface area contributed by atoms with Gasteiger partial charge in [-0.05, 0) is 77.0 Å². The average Bonchev–Trinajstić information content (AvgIpc) is 3.05. The van der Waals surface area contributed by atoms with E-state index in [2.05, 4.69) is 73.1 Å². The molecule has 276 valence electrons. The molecule has 0 unspecified atom stereocenters. The van der Waals surface area contributed by atoms with Crippen molar-refractivity contribution in [3.63, 3.8) is 0 Å². The third-order valence-electron chi connectivity index (χ3n) is 7.51. The molecular weight excluding hydrogens is 627 g/mol. The van der Waals surface area contributed by atoms with Gasteiger partial charge in [-0.2, -0.15) is 0 Å². The molecule has 0 heterocycles. The molecule has 0 aliphatic heterocycles. The number of phosphoric acid groups is 1. The van der Waals surface area contributed by atoms with Crippen LogP contribution in [0.1, 0.15) is 155 Å². The van der Waals surface area contributed by atoms with Crippen molar-refractivity contribution < 1.29 is 37.9 Å². The number of carbonyl (C=O) groups excluding carboxylic acids is 2. The molecule has 0 aliphatic carbocycles. The predicted octanol–water partition coefficient (Wildman–Crippen LogP) is 11.0. The number of allylic oxidation sites excluding steroid dienone is 10. The Balaban J connectivity index is 4.11. The fourth-order valence-corrected chi connectivity index (χ4v) is 5.07.